The number of carbonyl (C=O) groups excluding carboxylic acids is 2. The van der Waals surface area contributed by atoms with Gasteiger partial charge < -0.3 is 10.2 Å². The minimum atomic E-state index is -0.0745. The van der Waals surface area contributed by atoms with Gasteiger partial charge in [0.05, 0.1) is 17.9 Å². The number of anilines is 1. The molecule has 1 aromatic heterocycles. The average molecular weight is 355 g/mol. The van der Waals surface area contributed by atoms with Crippen LogP contribution in [0.3, 0.4) is 0 Å². The zero-order chi connectivity index (χ0) is 18.7. The lowest BCUT2D eigenvalue weighted by molar-refractivity contribution is -0.130. The van der Waals surface area contributed by atoms with Crippen molar-refractivity contribution in [3.8, 4) is 5.69 Å². The zero-order valence-electron chi connectivity index (χ0n) is 15.5. The van der Waals surface area contributed by atoms with Crippen LogP contribution in [-0.2, 0) is 9.59 Å². The fourth-order valence-corrected chi connectivity index (χ4v) is 3.08. The quantitative estimate of drug-likeness (QED) is 0.904. The molecule has 7 nitrogen and oxygen atoms in total. The van der Waals surface area contributed by atoms with E-state index in [0.717, 1.165) is 11.4 Å². The molecule has 0 atom stereocenters. The Hall–Kier alpha value is -2.67. The summed E-state index contributed by atoms with van der Waals surface area (Å²) in [5.74, 6) is 0.680. The van der Waals surface area contributed by atoms with Gasteiger partial charge in [-0.2, -0.15) is 5.10 Å². The van der Waals surface area contributed by atoms with Crippen LogP contribution in [0.2, 0.25) is 0 Å². The highest BCUT2D eigenvalue weighted by Gasteiger charge is 2.21. The monoisotopic (exact) mass is 355 g/mol. The molecule has 0 aliphatic carbocycles. The van der Waals surface area contributed by atoms with E-state index in [2.05, 4.69) is 15.3 Å². The molecule has 2 aromatic rings. The first-order valence-corrected chi connectivity index (χ1v) is 8.84. The molecule has 2 amide bonds. The molecule has 0 spiro atoms. The summed E-state index contributed by atoms with van der Waals surface area (Å²) in [6, 6.07) is 9.88. The summed E-state index contributed by atoms with van der Waals surface area (Å²) >= 11 is 0. The number of benzene rings is 1. The molecule has 1 aromatic carbocycles. The summed E-state index contributed by atoms with van der Waals surface area (Å²) in [5.41, 5.74) is 2.93. The third kappa shape index (κ3) is 4.29. The third-order valence-electron chi connectivity index (χ3n) is 4.56. The van der Waals surface area contributed by atoms with E-state index in [4.69, 9.17) is 0 Å². The van der Waals surface area contributed by atoms with Crippen LogP contribution in [0.4, 0.5) is 5.82 Å². The van der Waals surface area contributed by atoms with Gasteiger partial charge in [-0.15, -0.1) is 0 Å². The van der Waals surface area contributed by atoms with Crippen molar-refractivity contribution in [2.24, 2.45) is 0 Å². The Labute approximate surface area is 153 Å². The molecule has 1 N–H and O–H groups in total. The van der Waals surface area contributed by atoms with E-state index < -0.39 is 0 Å². The highest BCUT2D eigenvalue weighted by Crippen LogP contribution is 2.17. The molecule has 26 heavy (non-hydrogen) atoms. The Morgan fingerprint density at radius 3 is 2.35 bits per heavy atom. The molecule has 0 saturated carbocycles. The summed E-state index contributed by atoms with van der Waals surface area (Å²) in [6.07, 6.45) is 0. The van der Waals surface area contributed by atoms with Crippen molar-refractivity contribution in [2.75, 3.05) is 38.0 Å². The number of nitrogens with zero attached hydrogens (tertiary/aromatic N) is 4. The summed E-state index contributed by atoms with van der Waals surface area (Å²) in [7, 11) is 0. The van der Waals surface area contributed by atoms with Gasteiger partial charge in [-0.25, -0.2) is 4.68 Å². The molecular weight excluding hydrogens is 330 g/mol. The number of aryl methyl sites for hydroxylation is 2. The molecular formula is C19H25N5O2. The molecule has 1 saturated heterocycles. The van der Waals surface area contributed by atoms with Crippen molar-refractivity contribution in [1.82, 2.24) is 19.6 Å². The highest BCUT2D eigenvalue weighted by atomic mass is 16.2. The fourth-order valence-electron chi connectivity index (χ4n) is 3.08. The summed E-state index contributed by atoms with van der Waals surface area (Å²) < 4.78 is 1.75. The predicted molar refractivity (Wildman–Crippen MR) is 100 cm³/mol. The lowest BCUT2D eigenvalue weighted by Gasteiger charge is -2.33. The second kappa shape index (κ2) is 7.70. The van der Waals surface area contributed by atoms with Crippen LogP contribution in [0.5, 0.6) is 0 Å². The van der Waals surface area contributed by atoms with Gasteiger partial charge in [0.25, 0.3) is 0 Å². The van der Waals surface area contributed by atoms with Gasteiger partial charge in [-0.05, 0) is 26.0 Å². The van der Waals surface area contributed by atoms with Gasteiger partial charge in [-0.3, -0.25) is 14.5 Å². The van der Waals surface area contributed by atoms with Crippen LogP contribution in [0.15, 0.2) is 30.3 Å². The summed E-state index contributed by atoms with van der Waals surface area (Å²) in [6.45, 7) is 8.59. The van der Waals surface area contributed by atoms with E-state index in [1.54, 1.807) is 11.6 Å². The van der Waals surface area contributed by atoms with Gasteiger partial charge in [0.15, 0.2) is 0 Å². The molecule has 0 unspecified atom stereocenters. The first-order chi connectivity index (χ1) is 12.4. The largest absolute Gasteiger partial charge is 0.340 e. The molecule has 1 aliphatic rings. The Kier molecular flexibility index (Phi) is 5.37. The molecule has 138 valence electrons. The average Bonchev–Trinajstić information content (AvgIpc) is 2.96. The topological polar surface area (TPSA) is 70.5 Å². The molecule has 2 heterocycles. The van der Waals surface area contributed by atoms with E-state index in [1.807, 2.05) is 49.1 Å². The number of nitrogens with one attached hydrogen (secondary N) is 1. The SMILES string of the molecule is CC(=O)N1CCN(CC(=O)Nc2cc(C)nn2-c2ccc(C)cc2)CC1. The fraction of sp³-hybridized carbons (Fsp3) is 0.421. The van der Waals surface area contributed by atoms with Crippen LogP contribution in [0.25, 0.3) is 5.69 Å². The minimum absolute atomic E-state index is 0.0745. The van der Waals surface area contributed by atoms with Gasteiger partial charge in [0.2, 0.25) is 11.8 Å². The predicted octanol–water partition coefficient (Wildman–Crippen LogP) is 1.59. The molecule has 7 heteroatoms. The molecule has 1 fully saturated rings. The Balaban J connectivity index is 1.63. The maximum absolute atomic E-state index is 12.5. The van der Waals surface area contributed by atoms with Crippen molar-refractivity contribution >= 4 is 17.6 Å². The highest BCUT2D eigenvalue weighted by molar-refractivity contribution is 5.91. The van der Waals surface area contributed by atoms with Crippen LogP contribution < -0.4 is 5.32 Å². The van der Waals surface area contributed by atoms with Crippen LogP contribution >= 0.6 is 0 Å². The van der Waals surface area contributed by atoms with Crippen LogP contribution in [-0.4, -0.2) is 64.1 Å². The molecule has 0 radical (unpaired) electrons. The van der Waals surface area contributed by atoms with E-state index in [1.165, 1.54) is 5.56 Å². The van der Waals surface area contributed by atoms with E-state index in [0.29, 0.717) is 38.5 Å². The summed E-state index contributed by atoms with van der Waals surface area (Å²) in [4.78, 5) is 27.7. The van der Waals surface area contributed by atoms with Gasteiger partial charge in [-0.1, -0.05) is 17.7 Å². The number of hydrogen-bond donors (Lipinski definition) is 1. The van der Waals surface area contributed by atoms with Crippen molar-refractivity contribution in [1.29, 1.82) is 0 Å². The number of hydrogen-bond acceptors (Lipinski definition) is 4. The van der Waals surface area contributed by atoms with Crippen molar-refractivity contribution in [3.63, 3.8) is 0 Å². The second-order valence-electron chi connectivity index (χ2n) is 6.75. The normalized spacial score (nSPS) is 15.1. The van der Waals surface area contributed by atoms with E-state index in [-0.39, 0.29) is 11.8 Å². The van der Waals surface area contributed by atoms with Crippen molar-refractivity contribution < 1.29 is 9.59 Å². The van der Waals surface area contributed by atoms with E-state index >= 15 is 0 Å². The first-order valence-electron chi connectivity index (χ1n) is 8.84. The standard InChI is InChI=1S/C19H25N5O2/c1-14-4-6-17(7-5-14)24-18(12-15(2)21-24)20-19(26)13-22-8-10-23(11-9-22)16(3)25/h4-7,12H,8-11,13H2,1-3H3,(H,20,26). The van der Waals surface area contributed by atoms with Crippen molar-refractivity contribution in [3.05, 3.63) is 41.6 Å². The number of rotatable bonds is 4. The summed E-state index contributed by atoms with van der Waals surface area (Å²) in [5, 5.41) is 7.45. The zero-order valence-corrected chi connectivity index (χ0v) is 15.5. The van der Waals surface area contributed by atoms with Crippen molar-refractivity contribution in [2.45, 2.75) is 20.8 Å². The number of aromatic nitrogens is 2. The lowest BCUT2D eigenvalue weighted by atomic mass is 10.2. The number of piperazine rings is 1. The Bertz CT molecular complexity index is 789. The van der Waals surface area contributed by atoms with E-state index in [9.17, 15) is 9.59 Å². The van der Waals surface area contributed by atoms with Crippen LogP contribution in [0.1, 0.15) is 18.2 Å². The second-order valence-corrected chi connectivity index (χ2v) is 6.75. The maximum atomic E-state index is 12.5. The smallest absolute Gasteiger partial charge is 0.239 e. The number of carbonyl (C=O) groups is 2. The Morgan fingerprint density at radius 1 is 1.08 bits per heavy atom. The molecule has 0 bridgehead atoms. The van der Waals surface area contributed by atoms with Gasteiger partial charge in [0, 0.05) is 39.2 Å². The maximum Gasteiger partial charge on any atom is 0.239 e. The van der Waals surface area contributed by atoms with Crippen LogP contribution in [0, 0.1) is 13.8 Å². The molecule has 1 aliphatic heterocycles. The lowest BCUT2D eigenvalue weighted by Crippen LogP contribution is -2.49. The van der Waals surface area contributed by atoms with Gasteiger partial charge >= 0.3 is 0 Å². The number of amides is 2. The van der Waals surface area contributed by atoms with Gasteiger partial charge in [0.1, 0.15) is 5.82 Å². The third-order valence-corrected chi connectivity index (χ3v) is 4.56. The first kappa shape index (κ1) is 18.1. The minimum Gasteiger partial charge on any atom is -0.340 e. The Morgan fingerprint density at radius 2 is 1.73 bits per heavy atom. The molecule has 3 rings (SSSR count).